The maximum absolute atomic E-state index is 13.3. The largest absolute Gasteiger partial charge is 0.496 e. The molecule has 3 N–H and O–H groups in total. The Labute approximate surface area is 178 Å². The summed E-state index contributed by atoms with van der Waals surface area (Å²) in [5.74, 6) is 0.591. The Morgan fingerprint density at radius 2 is 1.80 bits per heavy atom. The van der Waals surface area contributed by atoms with Gasteiger partial charge in [-0.25, -0.2) is 4.79 Å². The van der Waals surface area contributed by atoms with Gasteiger partial charge >= 0.3 is 6.03 Å². The number of urea groups is 1. The number of ether oxygens (including phenoxy) is 1. The second-order valence-corrected chi connectivity index (χ2v) is 8.02. The van der Waals surface area contributed by atoms with Crippen LogP contribution in [0.4, 0.5) is 4.79 Å². The molecule has 1 aliphatic rings. The van der Waals surface area contributed by atoms with E-state index in [0.29, 0.717) is 19.4 Å². The summed E-state index contributed by atoms with van der Waals surface area (Å²) in [6.07, 6.45) is 3.09. The zero-order valence-corrected chi connectivity index (χ0v) is 18.0. The third kappa shape index (κ3) is 5.12. The summed E-state index contributed by atoms with van der Waals surface area (Å²) in [7, 11) is 1.62. The maximum Gasteiger partial charge on any atom is 0.315 e. The summed E-state index contributed by atoms with van der Waals surface area (Å²) in [6, 6.07) is 15.1. The van der Waals surface area contributed by atoms with Gasteiger partial charge in [-0.1, -0.05) is 60.9 Å². The first-order valence-corrected chi connectivity index (χ1v) is 10.5. The highest BCUT2D eigenvalue weighted by Crippen LogP contribution is 2.32. The van der Waals surface area contributed by atoms with Gasteiger partial charge in [-0.05, 0) is 38.3 Å². The van der Waals surface area contributed by atoms with Crippen LogP contribution in [0, 0.1) is 6.92 Å². The summed E-state index contributed by atoms with van der Waals surface area (Å²) in [6.45, 7) is 4.36. The zero-order chi connectivity index (χ0) is 21.6. The second kappa shape index (κ2) is 9.65. The molecule has 0 aliphatic heterocycles. The lowest BCUT2D eigenvalue weighted by Gasteiger charge is -2.31. The SMILES string of the molecule is COc1ccc(C)cc1C(C)NC(=O)C1(NC(=O)NCc2ccccc2)CCCC1. The first-order valence-electron chi connectivity index (χ1n) is 10.5. The van der Waals surface area contributed by atoms with Gasteiger partial charge in [0.1, 0.15) is 11.3 Å². The van der Waals surface area contributed by atoms with E-state index >= 15 is 0 Å². The van der Waals surface area contributed by atoms with Gasteiger partial charge in [0.2, 0.25) is 5.91 Å². The molecular weight excluding hydrogens is 378 g/mol. The number of carbonyl (C=O) groups is 2. The minimum absolute atomic E-state index is 0.147. The molecule has 6 heteroatoms. The molecule has 0 aromatic heterocycles. The Morgan fingerprint density at radius 3 is 2.47 bits per heavy atom. The van der Waals surface area contributed by atoms with Crippen LogP contribution < -0.4 is 20.7 Å². The smallest absolute Gasteiger partial charge is 0.315 e. The fourth-order valence-electron chi connectivity index (χ4n) is 4.03. The van der Waals surface area contributed by atoms with Gasteiger partial charge in [-0.2, -0.15) is 0 Å². The van der Waals surface area contributed by atoms with Gasteiger partial charge in [0.15, 0.2) is 0 Å². The lowest BCUT2D eigenvalue weighted by molar-refractivity contribution is -0.127. The monoisotopic (exact) mass is 409 g/mol. The van der Waals surface area contributed by atoms with Gasteiger partial charge in [-0.3, -0.25) is 4.79 Å². The first kappa shape index (κ1) is 21.7. The molecule has 30 heavy (non-hydrogen) atoms. The highest BCUT2D eigenvalue weighted by atomic mass is 16.5. The van der Waals surface area contributed by atoms with Crippen molar-refractivity contribution in [3.63, 3.8) is 0 Å². The van der Waals surface area contributed by atoms with E-state index in [1.54, 1.807) is 7.11 Å². The second-order valence-electron chi connectivity index (χ2n) is 8.02. The predicted molar refractivity (Wildman–Crippen MR) is 117 cm³/mol. The van der Waals surface area contributed by atoms with E-state index < -0.39 is 5.54 Å². The fourth-order valence-corrected chi connectivity index (χ4v) is 4.03. The van der Waals surface area contributed by atoms with Crippen molar-refractivity contribution in [1.29, 1.82) is 0 Å². The predicted octanol–water partition coefficient (Wildman–Crippen LogP) is 3.99. The van der Waals surface area contributed by atoms with Crippen LogP contribution in [-0.2, 0) is 11.3 Å². The summed E-state index contributed by atoms with van der Waals surface area (Å²) in [5, 5.41) is 8.93. The molecule has 3 rings (SSSR count). The molecule has 1 unspecified atom stereocenters. The summed E-state index contributed by atoms with van der Waals surface area (Å²) in [4.78, 5) is 25.8. The van der Waals surface area contributed by atoms with Crippen molar-refractivity contribution < 1.29 is 14.3 Å². The van der Waals surface area contributed by atoms with E-state index in [-0.39, 0.29) is 18.0 Å². The molecule has 0 radical (unpaired) electrons. The lowest BCUT2D eigenvalue weighted by Crippen LogP contribution is -2.59. The fraction of sp³-hybridized carbons (Fsp3) is 0.417. The van der Waals surface area contributed by atoms with Crippen LogP contribution in [0.1, 0.15) is 55.3 Å². The Balaban J connectivity index is 1.66. The van der Waals surface area contributed by atoms with Crippen molar-refractivity contribution in [2.75, 3.05) is 7.11 Å². The van der Waals surface area contributed by atoms with E-state index in [1.165, 1.54) is 0 Å². The molecule has 0 saturated heterocycles. The number of hydrogen-bond acceptors (Lipinski definition) is 3. The number of nitrogens with one attached hydrogen (secondary N) is 3. The first-order chi connectivity index (χ1) is 14.4. The molecule has 0 heterocycles. The Hall–Kier alpha value is -3.02. The van der Waals surface area contributed by atoms with Crippen molar-refractivity contribution >= 4 is 11.9 Å². The average molecular weight is 410 g/mol. The molecule has 2 aromatic rings. The number of amides is 3. The van der Waals surface area contributed by atoms with E-state index in [9.17, 15) is 9.59 Å². The molecule has 0 spiro atoms. The molecule has 1 fully saturated rings. The molecule has 6 nitrogen and oxygen atoms in total. The third-order valence-electron chi connectivity index (χ3n) is 5.74. The van der Waals surface area contributed by atoms with E-state index in [0.717, 1.165) is 35.3 Å². The van der Waals surface area contributed by atoms with Gasteiger partial charge in [-0.15, -0.1) is 0 Å². The van der Waals surface area contributed by atoms with Crippen molar-refractivity contribution in [3.05, 3.63) is 65.2 Å². The highest BCUT2D eigenvalue weighted by molar-refractivity contribution is 5.91. The highest BCUT2D eigenvalue weighted by Gasteiger charge is 2.43. The average Bonchev–Trinajstić information content (AvgIpc) is 3.22. The van der Waals surface area contributed by atoms with E-state index in [1.807, 2.05) is 62.4 Å². The molecular formula is C24H31N3O3. The van der Waals surface area contributed by atoms with Crippen molar-refractivity contribution in [1.82, 2.24) is 16.0 Å². The third-order valence-corrected chi connectivity index (χ3v) is 5.74. The van der Waals surface area contributed by atoms with Crippen LogP contribution in [0.5, 0.6) is 5.75 Å². The van der Waals surface area contributed by atoms with Crippen LogP contribution >= 0.6 is 0 Å². The van der Waals surface area contributed by atoms with Crippen LogP contribution in [0.2, 0.25) is 0 Å². The Bertz CT molecular complexity index is 877. The molecule has 3 amide bonds. The van der Waals surface area contributed by atoms with E-state index in [2.05, 4.69) is 16.0 Å². The summed E-state index contributed by atoms with van der Waals surface area (Å²) < 4.78 is 5.46. The zero-order valence-electron chi connectivity index (χ0n) is 18.0. The van der Waals surface area contributed by atoms with Crippen LogP contribution in [-0.4, -0.2) is 24.6 Å². The minimum Gasteiger partial charge on any atom is -0.496 e. The number of rotatable bonds is 7. The van der Waals surface area contributed by atoms with Gasteiger partial charge in [0, 0.05) is 12.1 Å². The molecule has 1 atom stereocenters. The number of benzene rings is 2. The molecule has 160 valence electrons. The number of methoxy groups -OCH3 is 1. The van der Waals surface area contributed by atoms with Gasteiger partial charge in [0.05, 0.1) is 13.2 Å². The Morgan fingerprint density at radius 1 is 1.10 bits per heavy atom. The Kier molecular flexibility index (Phi) is 6.98. The van der Waals surface area contributed by atoms with Crippen molar-refractivity contribution in [3.8, 4) is 5.75 Å². The van der Waals surface area contributed by atoms with Crippen LogP contribution in [0.3, 0.4) is 0 Å². The van der Waals surface area contributed by atoms with Crippen LogP contribution in [0.25, 0.3) is 0 Å². The lowest BCUT2D eigenvalue weighted by atomic mass is 9.95. The van der Waals surface area contributed by atoms with Gasteiger partial charge in [0.25, 0.3) is 0 Å². The van der Waals surface area contributed by atoms with E-state index in [4.69, 9.17) is 4.74 Å². The molecule has 1 aliphatic carbocycles. The standard InChI is InChI=1S/C24H31N3O3/c1-17-11-12-21(30-3)20(15-17)18(2)26-22(28)24(13-7-8-14-24)27-23(29)25-16-19-9-5-4-6-10-19/h4-6,9-12,15,18H,7-8,13-14,16H2,1-3H3,(H,26,28)(H2,25,27,29). The number of carbonyl (C=O) groups excluding carboxylic acids is 2. The maximum atomic E-state index is 13.3. The number of aryl methyl sites for hydroxylation is 1. The molecule has 0 bridgehead atoms. The summed E-state index contributed by atoms with van der Waals surface area (Å²) >= 11 is 0. The number of hydrogen-bond donors (Lipinski definition) is 3. The minimum atomic E-state index is -0.883. The summed E-state index contributed by atoms with van der Waals surface area (Å²) in [5.41, 5.74) is 2.15. The molecule has 2 aromatic carbocycles. The van der Waals surface area contributed by atoms with Gasteiger partial charge < -0.3 is 20.7 Å². The molecule has 1 saturated carbocycles. The van der Waals surface area contributed by atoms with Crippen LogP contribution in [0.15, 0.2) is 48.5 Å². The topological polar surface area (TPSA) is 79.5 Å². The quantitative estimate of drug-likeness (QED) is 0.647. The van der Waals surface area contributed by atoms with Crippen molar-refractivity contribution in [2.24, 2.45) is 0 Å². The van der Waals surface area contributed by atoms with Crippen molar-refractivity contribution in [2.45, 2.75) is 57.7 Å². The normalized spacial score (nSPS) is 15.8.